The highest BCUT2D eigenvalue weighted by Crippen LogP contribution is 2.34. The third-order valence-electron chi connectivity index (χ3n) is 4.74. The molecule has 3 rings (SSSR count). The van der Waals surface area contributed by atoms with Gasteiger partial charge in [-0.05, 0) is 42.4 Å². The zero-order valence-corrected chi connectivity index (χ0v) is 14.4. The van der Waals surface area contributed by atoms with Crippen LogP contribution in [0.15, 0.2) is 54.6 Å². The van der Waals surface area contributed by atoms with Crippen molar-refractivity contribution >= 4 is 5.91 Å². The molecule has 4 heteroatoms. The van der Waals surface area contributed by atoms with Gasteiger partial charge < -0.3 is 15.2 Å². The Morgan fingerprint density at radius 3 is 2.72 bits per heavy atom. The van der Waals surface area contributed by atoms with Crippen molar-refractivity contribution in [3.05, 3.63) is 71.3 Å². The lowest BCUT2D eigenvalue weighted by atomic mass is 9.79. The summed E-state index contributed by atoms with van der Waals surface area (Å²) in [7, 11) is 0. The van der Waals surface area contributed by atoms with E-state index in [1.165, 1.54) is 11.1 Å². The van der Waals surface area contributed by atoms with Gasteiger partial charge in [0.2, 0.25) is 5.91 Å². The van der Waals surface area contributed by atoms with Crippen LogP contribution in [0.5, 0.6) is 0 Å². The van der Waals surface area contributed by atoms with Crippen LogP contribution in [0.2, 0.25) is 0 Å². The fraction of sp³-hybridized carbons (Fsp3) is 0.381. The zero-order chi connectivity index (χ0) is 17.5. The molecule has 25 heavy (non-hydrogen) atoms. The molecule has 1 atom stereocenters. The standard InChI is InChI=1S/C21H25NO3/c23-20(15-25-14-12-17-7-2-1-3-8-17)22-16-21(24)13-6-10-18-9-4-5-11-19(18)21/h1-5,7-9,11,24H,6,10,12-16H2,(H,22,23). The van der Waals surface area contributed by atoms with Crippen LogP contribution in [0.3, 0.4) is 0 Å². The second-order valence-electron chi connectivity index (χ2n) is 6.61. The Morgan fingerprint density at radius 1 is 1.12 bits per heavy atom. The van der Waals surface area contributed by atoms with E-state index in [2.05, 4.69) is 5.32 Å². The average molecular weight is 339 g/mol. The first-order valence-corrected chi connectivity index (χ1v) is 8.86. The highest BCUT2D eigenvalue weighted by molar-refractivity contribution is 5.77. The summed E-state index contributed by atoms with van der Waals surface area (Å²) in [6.45, 7) is 0.750. The van der Waals surface area contributed by atoms with Crippen molar-refractivity contribution in [3.8, 4) is 0 Å². The van der Waals surface area contributed by atoms with Crippen molar-refractivity contribution in [2.45, 2.75) is 31.3 Å². The van der Waals surface area contributed by atoms with Gasteiger partial charge in [0.1, 0.15) is 12.2 Å². The lowest BCUT2D eigenvalue weighted by Gasteiger charge is -2.34. The molecule has 0 heterocycles. The van der Waals surface area contributed by atoms with Crippen molar-refractivity contribution in [1.29, 1.82) is 0 Å². The summed E-state index contributed by atoms with van der Waals surface area (Å²) < 4.78 is 5.45. The Bertz CT molecular complexity index is 701. The number of hydrogen-bond donors (Lipinski definition) is 2. The van der Waals surface area contributed by atoms with E-state index in [1.54, 1.807) is 0 Å². The number of benzene rings is 2. The molecule has 1 aliphatic rings. The van der Waals surface area contributed by atoms with Crippen LogP contribution in [0, 0.1) is 0 Å². The fourth-order valence-electron chi connectivity index (χ4n) is 3.38. The van der Waals surface area contributed by atoms with Gasteiger partial charge in [-0.3, -0.25) is 4.79 Å². The highest BCUT2D eigenvalue weighted by Gasteiger charge is 2.34. The Labute approximate surface area is 148 Å². The summed E-state index contributed by atoms with van der Waals surface area (Å²) in [6.07, 6.45) is 3.36. The number of fused-ring (bicyclic) bond motifs is 1. The minimum absolute atomic E-state index is 0.0184. The lowest BCUT2D eigenvalue weighted by molar-refractivity contribution is -0.127. The van der Waals surface area contributed by atoms with E-state index in [0.717, 1.165) is 24.8 Å². The summed E-state index contributed by atoms with van der Waals surface area (Å²) in [5, 5.41) is 13.8. The fourth-order valence-corrected chi connectivity index (χ4v) is 3.38. The van der Waals surface area contributed by atoms with Crippen molar-refractivity contribution in [2.24, 2.45) is 0 Å². The van der Waals surface area contributed by atoms with Crippen molar-refractivity contribution in [3.63, 3.8) is 0 Å². The van der Waals surface area contributed by atoms with Gasteiger partial charge in [-0.25, -0.2) is 0 Å². The lowest BCUT2D eigenvalue weighted by Crippen LogP contribution is -2.44. The number of ether oxygens (including phenoxy) is 1. The highest BCUT2D eigenvalue weighted by atomic mass is 16.5. The summed E-state index contributed by atoms with van der Waals surface area (Å²) in [5.74, 6) is -0.190. The van der Waals surface area contributed by atoms with Crippen LogP contribution in [0.25, 0.3) is 0 Å². The van der Waals surface area contributed by atoms with Crippen LogP contribution >= 0.6 is 0 Å². The Balaban J connectivity index is 1.43. The molecule has 0 aliphatic heterocycles. The van der Waals surface area contributed by atoms with Gasteiger partial charge >= 0.3 is 0 Å². The maximum atomic E-state index is 12.0. The monoisotopic (exact) mass is 339 g/mol. The van der Waals surface area contributed by atoms with E-state index >= 15 is 0 Å². The van der Waals surface area contributed by atoms with Gasteiger partial charge in [0.05, 0.1) is 13.2 Å². The van der Waals surface area contributed by atoms with Crippen molar-refractivity contribution in [2.75, 3.05) is 19.8 Å². The van der Waals surface area contributed by atoms with Gasteiger partial charge in [-0.15, -0.1) is 0 Å². The molecular formula is C21H25NO3. The molecule has 0 saturated carbocycles. The third kappa shape index (κ3) is 4.68. The first kappa shape index (κ1) is 17.6. The van der Waals surface area contributed by atoms with Gasteiger partial charge in [-0.2, -0.15) is 0 Å². The smallest absolute Gasteiger partial charge is 0.246 e. The third-order valence-corrected chi connectivity index (χ3v) is 4.74. The Hall–Kier alpha value is -2.17. The van der Waals surface area contributed by atoms with Gasteiger partial charge in [0.15, 0.2) is 0 Å². The first-order valence-electron chi connectivity index (χ1n) is 8.86. The molecule has 0 fully saturated rings. The summed E-state index contributed by atoms with van der Waals surface area (Å²) in [5.41, 5.74) is 2.32. The molecule has 1 unspecified atom stereocenters. The van der Waals surface area contributed by atoms with E-state index in [0.29, 0.717) is 13.0 Å². The number of aryl methyl sites for hydroxylation is 1. The second-order valence-corrected chi connectivity index (χ2v) is 6.61. The minimum Gasteiger partial charge on any atom is -0.383 e. The normalized spacial score (nSPS) is 19.2. The Morgan fingerprint density at radius 2 is 1.88 bits per heavy atom. The molecular weight excluding hydrogens is 314 g/mol. The maximum Gasteiger partial charge on any atom is 0.246 e. The maximum absolute atomic E-state index is 12.0. The molecule has 2 N–H and O–H groups in total. The number of rotatable bonds is 7. The predicted molar refractivity (Wildman–Crippen MR) is 97.3 cm³/mol. The van der Waals surface area contributed by atoms with Crippen molar-refractivity contribution < 1.29 is 14.6 Å². The molecule has 1 amide bonds. The molecule has 4 nitrogen and oxygen atoms in total. The first-order chi connectivity index (χ1) is 12.2. The van der Waals surface area contributed by atoms with Crippen molar-refractivity contribution in [1.82, 2.24) is 5.32 Å². The molecule has 132 valence electrons. The number of nitrogens with one attached hydrogen (secondary N) is 1. The van der Waals surface area contributed by atoms with E-state index < -0.39 is 5.60 Å². The van der Waals surface area contributed by atoms with E-state index in [-0.39, 0.29) is 19.1 Å². The number of amides is 1. The number of hydrogen-bond acceptors (Lipinski definition) is 3. The summed E-state index contributed by atoms with van der Waals surface area (Å²) in [6, 6.07) is 18.0. The summed E-state index contributed by atoms with van der Waals surface area (Å²) >= 11 is 0. The van der Waals surface area contributed by atoms with Gasteiger partial charge in [0, 0.05) is 0 Å². The van der Waals surface area contributed by atoms with Crippen LogP contribution in [0.4, 0.5) is 0 Å². The van der Waals surface area contributed by atoms with Gasteiger partial charge in [0.25, 0.3) is 0 Å². The largest absolute Gasteiger partial charge is 0.383 e. The number of carbonyl (C=O) groups excluding carboxylic acids is 1. The molecule has 0 aromatic heterocycles. The van der Waals surface area contributed by atoms with Crippen LogP contribution in [-0.2, 0) is 28.0 Å². The molecule has 0 bridgehead atoms. The Kier molecular flexibility index (Phi) is 5.84. The zero-order valence-electron chi connectivity index (χ0n) is 14.4. The second kappa shape index (κ2) is 8.28. The van der Waals surface area contributed by atoms with E-state index in [9.17, 15) is 9.90 Å². The molecule has 2 aromatic carbocycles. The van der Waals surface area contributed by atoms with Crippen LogP contribution in [-0.4, -0.2) is 30.8 Å². The summed E-state index contributed by atoms with van der Waals surface area (Å²) in [4.78, 5) is 12.0. The van der Waals surface area contributed by atoms with E-state index in [1.807, 2.05) is 54.6 Å². The minimum atomic E-state index is -0.978. The number of aliphatic hydroxyl groups is 1. The molecule has 1 aliphatic carbocycles. The SMILES string of the molecule is O=C(COCCc1ccccc1)NCC1(O)CCCc2ccccc21. The van der Waals surface area contributed by atoms with E-state index in [4.69, 9.17) is 4.74 Å². The van der Waals surface area contributed by atoms with Gasteiger partial charge in [-0.1, -0.05) is 54.6 Å². The predicted octanol–water partition coefficient (Wildman–Crippen LogP) is 2.59. The molecule has 0 radical (unpaired) electrons. The molecule has 2 aromatic rings. The molecule has 0 saturated heterocycles. The average Bonchev–Trinajstić information content (AvgIpc) is 2.65. The molecule has 0 spiro atoms. The number of carbonyl (C=O) groups is 1. The van der Waals surface area contributed by atoms with Crippen LogP contribution < -0.4 is 5.32 Å². The van der Waals surface area contributed by atoms with Crippen LogP contribution in [0.1, 0.15) is 29.5 Å². The quantitative estimate of drug-likeness (QED) is 0.762. The topological polar surface area (TPSA) is 58.6 Å².